The summed E-state index contributed by atoms with van der Waals surface area (Å²) in [4.78, 5) is 16.7. The molecule has 1 atom stereocenters. The molecule has 0 aromatic carbocycles. The molecule has 0 bridgehead atoms. The minimum atomic E-state index is -0.00764. The number of piperazine rings is 1. The second-order valence-electron chi connectivity index (χ2n) is 6.63. The third-order valence-electron chi connectivity index (χ3n) is 4.18. The number of amides is 1. The number of nitrogens with zero attached hydrogens (tertiary/aromatic N) is 2. The number of carbonyl (C=O) groups excluding carboxylic acids is 1. The molecule has 1 rings (SSSR count). The van der Waals surface area contributed by atoms with Gasteiger partial charge in [-0.3, -0.25) is 9.69 Å². The largest absolute Gasteiger partial charge is 0.354 e. The van der Waals surface area contributed by atoms with Gasteiger partial charge < -0.3 is 16.0 Å². The van der Waals surface area contributed by atoms with Gasteiger partial charge >= 0.3 is 0 Å². The summed E-state index contributed by atoms with van der Waals surface area (Å²) < 4.78 is 0. The molecule has 5 heteroatoms. The second-order valence-corrected chi connectivity index (χ2v) is 6.63. The van der Waals surface area contributed by atoms with Gasteiger partial charge in [0.25, 0.3) is 0 Å². The Kier molecular flexibility index (Phi) is 6.92. The molecular weight excluding hydrogens is 252 g/mol. The molecule has 1 heterocycles. The number of nitrogens with two attached hydrogens (primary N) is 1. The van der Waals surface area contributed by atoms with Crippen LogP contribution in [0, 0.1) is 0 Å². The molecule has 1 aliphatic heterocycles. The molecule has 5 nitrogen and oxygen atoms in total. The predicted molar refractivity (Wildman–Crippen MR) is 83.7 cm³/mol. The normalized spacial score (nSPS) is 19.9. The van der Waals surface area contributed by atoms with E-state index in [1.165, 1.54) is 0 Å². The molecule has 1 amide bonds. The number of likely N-dealkylation sites (N-methyl/N-ethyl adjacent to an activating group) is 1. The van der Waals surface area contributed by atoms with Crippen molar-refractivity contribution >= 4 is 5.91 Å². The summed E-state index contributed by atoms with van der Waals surface area (Å²) in [5, 5.41) is 3.05. The first-order valence-electron chi connectivity index (χ1n) is 7.81. The van der Waals surface area contributed by atoms with Gasteiger partial charge in [0.1, 0.15) is 0 Å². The van der Waals surface area contributed by atoms with Crippen molar-refractivity contribution in [3.05, 3.63) is 0 Å². The van der Waals surface area contributed by atoms with Crippen LogP contribution in [0.2, 0.25) is 0 Å². The lowest BCUT2D eigenvalue weighted by Crippen LogP contribution is -2.58. The first-order valence-corrected chi connectivity index (χ1v) is 7.81. The lowest BCUT2D eigenvalue weighted by atomic mass is 10.0. The smallest absolute Gasteiger partial charge is 0.221 e. The minimum Gasteiger partial charge on any atom is -0.354 e. The van der Waals surface area contributed by atoms with E-state index in [1.807, 2.05) is 0 Å². The number of hydrogen-bond acceptors (Lipinski definition) is 4. The molecule has 1 fully saturated rings. The van der Waals surface area contributed by atoms with E-state index in [9.17, 15) is 4.79 Å². The summed E-state index contributed by atoms with van der Waals surface area (Å²) in [5.74, 6) is 0.0770. The Morgan fingerprint density at radius 3 is 2.45 bits per heavy atom. The molecule has 1 saturated heterocycles. The SMILES string of the molecule is CCCC(N)CC(=O)NCC(C)(C)N1CCN(C)CC1. The molecule has 1 unspecified atom stereocenters. The van der Waals surface area contributed by atoms with Crippen LogP contribution in [-0.2, 0) is 4.79 Å². The first-order chi connectivity index (χ1) is 9.35. The Hall–Kier alpha value is -0.650. The lowest BCUT2D eigenvalue weighted by Gasteiger charge is -2.43. The van der Waals surface area contributed by atoms with Crippen LogP contribution < -0.4 is 11.1 Å². The van der Waals surface area contributed by atoms with Crippen LogP contribution in [0.4, 0.5) is 0 Å². The fraction of sp³-hybridized carbons (Fsp3) is 0.933. The molecule has 118 valence electrons. The highest BCUT2D eigenvalue weighted by molar-refractivity contribution is 5.76. The molecule has 0 radical (unpaired) electrons. The van der Waals surface area contributed by atoms with Gasteiger partial charge in [-0.15, -0.1) is 0 Å². The fourth-order valence-electron chi connectivity index (χ4n) is 2.62. The summed E-state index contributed by atoms with van der Waals surface area (Å²) >= 11 is 0. The molecule has 0 saturated carbocycles. The van der Waals surface area contributed by atoms with Gasteiger partial charge in [0.05, 0.1) is 0 Å². The summed E-state index contributed by atoms with van der Waals surface area (Å²) in [6.45, 7) is 11.5. The van der Waals surface area contributed by atoms with Crippen molar-refractivity contribution in [2.45, 2.75) is 51.6 Å². The third-order valence-corrected chi connectivity index (χ3v) is 4.18. The Morgan fingerprint density at radius 1 is 1.30 bits per heavy atom. The van der Waals surface area contributed by atoms with Gasteiger partial charge in [-0.1, -0.05) is 13.3 Å². The second kappa shape index (κ2) is 7.96. The van der Waals surface area contributed by atoms with Crippen LogP contribution in [-0.4, -0.2) is 67.1 Å². The monoisotopic (exact) mass is 284 g/mol. The van der Waals surface area contributed by atoms with Crippen LogP contribution in [0.5, 0.6) is 0 Å². The van der Waals surface area contributed by atoms with Crippen molar-refractivity contribution < 1.29 is 4.79 Å². The maximum absolute atomic E-state index is 11.9. The number of rotatable bonds is 7. The van der Waals surface area contributed by atoms with Crippen molar-refractivity contribution in [3.8, 4) is 0 Å². The van der Waals surface area contributed by atoms with E-state index in [1.54, 1.807) is 0 Å². The molecule has 3 N–H and O–H groups in total. The van der Waals surface area contributed by atoms with Gasteiger partial charge in [-0.25, -0.2) is 0 Å². The van der Waals surface area contributed by atoms with E-state index in [2.05, 4.69) is 42.9 Å². The van der Waals surface area contributed by atoms with Gasteiger partial charge in [0.15, 0.2) is 0 Å². The highest BCUT2D eigenvalue weighted by Gasteiger charge is 2.29. The Bertz CT molecular complexity index is 298. The summed E-state index contributed by atoms with van der Waals surface area (Å²) in [6, 6.07) is -0.00764. The van der Waals surface area contributed by atoms with E-state index in [0.717, 1.165) is 39.0 Å². The molecule has 1 aliphatic rings. The summed E-state index contributed by atoms with van der Waals surface area (Å²) in [7, 11) is 2.15. The quantitative estimate of drug-likeness (QED) is 0.720. The number of carbonyl (C=O) groups is 1. The zero-order valence-corrected chi connectivity index (χ0v) is 13.6. The number of nitrogens with one attached hydrogen (secondary N) is 1. The molecular formula is C15H32N4O. The Labute approximate surface area is 123 Å². The van der Waals surface area contributed by atoms with E-state index in [4.69, 9.17) is 5.73 Å². The minimum absolute atomic E-state index is 0.00573. The zero-order valence-electron chi connectivity index (χ0n) is 13.6. The van der Waals surface area contributed by atoms with Crippen molar-refractivity contribution in [3.63, 3.8) is 0 Å². The predicted octanol–water partition coefficient (Wildman–Crippen LogP) is 0.646. The molecule has 0 aromatic heterocycles. The first kappa shape index (κ1) is 17.4. The van der Waals surface area contributed by atoms with Crippen LogP contribution >= 0.6 is 0 Å². The van der Waals surface area contributed by atoms with Crippen LogP contribution in [0.25, 0.3) is 0 Å². The topological polar surface area (TPSA) is 61.6 Å². The Balaban J connectivity index is 2.33. The average molecular weight is 284 g/mol. The van der Waals surface area contributed by atoms with E-state index in [-0.39, 0.29) is 17.5 Å². The van der Waals surface area contributed by atoms with Crippen molar-refractivity contribution in [2.24, 2.45) is 5.73 Å². The molecule has 20 heavy (non-hydrogen) atoms. The maximum atomic E-state index is 11.9. The van der Waals surface area contributed by atoms with Gasteiger partial charge in [-0.05, 0) is 27.3 Å². The fourth-order valence-corrected chi connectivity index (χ4v) is 2.62. The van der Waals surface area contributed by atoms with Gasteiger partial charge in [-0.2, -0.15) is 0 Å². The maximum Gasteiger partial charge on any atom is 0.221 e. The molecule has 0 spiro atoms. The van der Waals surface area contributed by atoms with Gasteiger partial charge in [0, 0.05) is 50.7 Å². The van der Waals surface area contributed by atoms with Crippen molar-refractivity contribution in [1.82, 2.24) is 15.1 Å². The van der Waals surface area contributed by atoms with Crippen LogP contribution in [0.1, 0.15) is 40.0 Å². The molecule has 0 aliphatic carbocycles. The lowest BCUT2D eigenvalue weighted by molar-refractivity contribution is -0.122. The van der Waals surface area contributed by atoms with Gasteiger partial charge in [0.2, 0.25) is 5.91 Å². The highest BCUT2D eigenvalue weighted by Crippen LogP contribution is 2.15. The van der Waals surface area contributed by atoms with Crippen LogP contribution in [0.3, 0.4) is 0 Å². The van der Waals surface area contributed by atoms with E-state index >= 15 is 0 Å². The van der Waals surface area contributed by atoms with Crippen LogP contribution in [0.15, 0.2) is 0 Å². The number of hydrogen-bond donors (Lipinski definition) is 2. The standard InChI is InChI=1S/C15H32N4O/c1-5-6-13(16)11-14(20)17-12-15(2,3)19-9-7-18(4)8-10-19/h13H,5-12,16H2,1-4H3,(H,17,20). The Morgan fingerprint density at radius 2 is 1.90 bits per heavy atom. The van der Waals surface area contributed by atoms with E-state index < -0.39 is 0 Å². The van der Waals surface area contributed by atoms with Crippen molar-refractivity contribution in [1.29, 1.82) is 0 Å². The highest BCUT2D eigenvalue weighted by atomic mass is 16.1. The summed E-state index contributed by atoms with van der Waals surface area (Å²) in [6.07, 6.45) is 2.38. The van der Waals surface area contributed by atoms with Crippen molar-refractivity contribution in [2.75, 3.05) is 39.8 Å². The average Bonchev–Trinajstić information content (AvgIpc) is 2.37. The van der Waals surface area contributed by atoms with E-state index in [0.29, 0.717) is 13.0 Å². The third kappa shape index (κ3) is 5.77. The molecule has 0 aromatic rings. The zero-order chi connectivity index (χ0) is 15.2. The summed E-state index contributed by atoms with van der Waals surface area (Å²) in [5.41, 5.74) is 5.91.